The zero-order valence-corrected chi connectivity index (χ0v) is 12.5. The quantitative estimate of drug-likeness (QED) is 0.839. The number of nitrogens with one attached hydrogen (secondary N) is 1. The molecule has 0 unspecified atom stereocenters. The van der Waals surface area contributed by atoms with E-state index in [1.54, 1.807) is 20.8 Å². The molecule has 0 aromatic rings. The van der Waals surface area contributed by atoms with Crippen molar-refractivity contribution in [1.29, 1.82) is 0 Å². The minimum atomic E-state index is -3.21. The fourth-order valence-electron chi connectivity index (χ4n) is 4.67. The average molecular weight is 271 g/mol. The van der Waals surface area contributed by atoms with Gasteiger partial charge in [0.15, 0.2) is 0 Å². The van der Waals surface area contributed by atoms with Crippen LogP contribution in [0.25, 0.3) is 0 Å². The van der Waals surface area contributed by atoms with Gasteiger partial charge in [0, 0.05) is 5.54 Å². The van der Waals surface area contributed by atoms with Gasteiger partial charge < -0.3 is 0 Å². The molecule has 4 aliphatic carbocycles. The van der Waals surface area contributed by atoms with E-state index in [1.807, 2.05) is 0 Å². The first-order valence-corrected chi connectivity index (χ1v) is 8.71. The third-order valence-corrected chi connectivity index (χ3v) is 7.51. The van der Waals surface area contributed by atoms with Crippen LogP contribution >= 0.6 is 0 Å². The Bertz CT molecular complexity index is 412. The van der Waals surface area contributed by atoms with Crippen molar-refractivity contribution in [3.63, 3.8) is 0 Å². The van der Waals surface area contributed by atoms with Gasteiger partial charge in [0.25, 0.3) is 0 Å². The number of sulfonamides is 1. The predicted molar refractivity (Wildman–Crippen MR) is 72.7 cm³/mol. The van der Waals surface area contributed by atoms with Gasteiger partial charge in [-0.3, -0.25) is 0 Å². The van der Waals surface area contributed by atoms with Crippen molar-refractivity contribution in [3.8, 4) is 0 Å². The predicted octanol–water partition coefficient (Wildman–Crippen LogP) is 2.67. The first-order chi connectivity index (χ1) is 8.19. The smallest absolute Gasteiger partial charge is 0.212 e. The molecule has 0 atom stereocenters. The van der Waals surface area contributed by atoms with Crippen LogP contribution < -0.4 is 4.72 Å². The zero-order chi connectivity index (χ0) is 13.2. The molecule has 0 amide bonds. The van der Waals surface area contributed by atoms with E-state index in [0.29, 0.717) is 0 Å². The molecule has 104 valence electrons. The van der Waals surface area contributed by atoms with E-state index in [4.69, 9.17) is 0 Å². The number of rotatable bonds is 2. The Morgan fingerprint density at radius 3 is 1.67 bits per heavy atom. The summed E-state index contributed by atoms with van der Waals surface area (Å²) < 4.78 is 27.3. The molecule has 3 nitrogen and oxygen atoms in total. The summed E-state index contributed by atoms with van der Waals surface area (Å²) in [5.41, 5.74) is -0.0964. The molecule has 18 heavy (non-hydrogen) atoms. The fraction of sp³-hybridized carbons (Fsp3) is 1.00. The molecule has 4 rings (SSSR count). The fourth-order valence-corrected chi connectivity index (χ4v) is 5.80. The SMILES string of the molecule is CC(C)(C)S(=O)(=O)NC12CC3CC(CC(C3)C1)C2. The monoisotopic (exact) mass is 271 g/mol. The van der Waals surface area contributed by atoms with Crippen molar-refractivity contribution in [3.05, 3.63) is 0 Å². The Hall–Kier alpha value is -0.0900. The molecule has 0 spiro atoms. The van der Waals surface area contributed by atoms with Crippen LogP contribution in [-0.2, 0) is 10.0 Å². The van der Waals surface area contributed by atoms with Crippen LogP contribution in [0.2, 0.25) is 0 Å². The van der Waals surface area contributed by atoms with Gasteiger partial charge >= 0.3 is 0 Å². The molecular formula is C14H25NO2S. The second-order valence-electron chi connectivity index (χ2n) is 7.92. The highest BCUT2D eigenvalue weighted by Crippen LogP contribution is 2.56. The van der Waals surface area contributed by atoms with Gasteiger partial charge in [-0.05, 0) is 77.0 Å². The first kappa shape index (κ1) is 12.9. The molecule has 4 aliphatic rings. The van der Waals surface area contributed by atoms with E-state index in [2.05, 4.69) is 4.72 Å². The van der Waals surface area contributed by atoms with Crippen LogP contribution in [0.1, 0.15) is 59.3 Å². The van der Waals surface area contributed by atoms with Crippen LogP contribution in [0, 0.1) is 17.8 Å². The Balaban J connectivity index is 1.85. The summed E-state index contributed by atoms with van der Waals surface area (Å²) in [6.45, 7) is 5.36. The van der Waals surface area contributed by atoms with Crippen LogP contribution in [0.5, 0.6) is 0 Å². The lowest BCUT2D eigenvalue weighted by Crippen LogP contribution is -2.61. The highest BCUT2D eigenvalue weighted by atomic mass is 32.2. The minimum absolute atomic E-state index is 0.0964. The molecule has 1 N–H and O–H groups in total. The van der Waals surface area contributed by atoms with Gasteiger partial charge in [0.05, 0.1) is 4.75 Å². The zero-order valence-electron chi connectivity index (χ0n) is 11.7. The van der Waals surface area contributed by atoms with E-state index >= 15 is 0 Å². The molecule has 4 heteroatoms. The van der Waals surface area contributed by atoms with Crippen molar-refractivity contribution in [1.82, 2.24) is 4.72 Å². The van der Waals surface area contributed by atoms with Crippen LogP contribution in [0.4, 0.5) is 0 Å². The van der Waals surface area contributed by atoms with Gasteiger partial charge in [-0.15, -0.1) is 0 Å². The topological polar surface area (TPSA) is 46.2 Å². The lowest BCUT2D eigenvalue weighted by atomic mass is 9.53. The molecule has 0 aromatic carbocycles. The molecule has 4 bridgehead atoms. The lowest BCUT2D eigenvalue weighted by molar-refractivity contribution is -0.00835. The molecule has 4 saturated carbocycles. The van der Waals surface area contributed by atoms with E-state index < -0.39 is 14.8 Å². The highest BCUT2D eigenvalue weighted by molar-refractivity contribution is 7.90. The first-order valence-electron chi connectivity index (χ1n) is 7.23. The molecule has 0 saturated heterocycles. The van der Waals surface area contributed by atoms with Gasteiger partial charge in [0.1, 0.15) is 0 Å². The third-order valence-electron chi connectivity index (χ3n) is 5.20. The summed E-state index contributed by atoms with van der Waals surface area (Å²) in [6, 6.07) is 0. The van der Waals surface area contributed by atoms with Crippen molar-refractivity contribution in [2.75, 3.05) is 0 Å². The third kappa shape index (κ3) is 2.01. The molecule has 0 aliphatic heterocycles. The van der Waals surface area contributed by atoms with Crippen molar-refractivity contribution < 1.29 is 8.42 Å². The summed E-state index contributed by atoms with van der Waals surface area (Å²) in [4.78, 5) is 0. The standard InChI is InChI=1S/C14H25NO2S/c1-13(2,3)18(16,17)15-14-7-10-4-11(8-14)6-12(5-10)9-14/h10-12,15H,4-9H2,1-3H3. The van der Waals surface area contributed by atoms with E-state index in [-0.39, 0.29) is 5.54 Å². The Morgan fingerprint density at radius 1 is 0.944 bits per heavy atom. The Labute approximate surface area is 111 Å². The maximum Gasteiger partial charge on any atom is 0.217 e. The summed E-state index contributed by atoms with van der Waals surface area (Å²) in [5.74, 6) is 2.33. The minimum Gasteiger partial charge on any atom is -0.212 e. The van der Waals surface area contributed by atoms with Crippen molar-refractivity contribution >= 4 is 10.0 Å². The second-order valence-corrected chi connectivity index (χ2v) is 10.4. The normalized spacial score (nSPS) is 43.4. The summed E-state index contributed by atoms with van der Waals surface area (Å²) in [6.07, 6.45) is 7.26. The van der Waals surface area contributed by atoms with E-state index in [1.165, 1.54) is 19.3 Å². The Kier molecular flexibility index (Phi) is 2.67. The highest BCUT2D eigenvalue weighted by Gasteiger charge is 2.53. The van der Waals surface area contributed by atoms with Gasteiger partial charge in [-0.1, -0.05) is 0 Å². The van der Waals surface area contributed by atoms with E-state index in [9.17, 15) is 8.42 Å². The summed E-state index contributed by atoms with van der Waals surface area (Å²) in [5, 5.41) is 0. The van der Waals surface area contributed by atoms with Crippen LogP contribution in [-0.4, -0.2) is 18.7 Å². The maximum atomic E-state index is 12.4. The molecular weight excluding hydrogens is 246 g/mol. The van der Waals surface area contributed by atoms with Gasteiger partial charge in [-0.25, -0.2) is 13.1 Å². The summed E-state index contributed by atoms with van der Waals surface area (Å²) >= 11 is 0. The molecule has 4 fully saturated rings. The Morgan fingerprint density at radius 2 is 1.33 bits per heavy atom. The maximum absolute atomic E-state index is 12.4. The van der Waals surface area contributed by atoms with Gasteiger partial charge in [0.2, 0.25) is 10.0 Å². The number of hydrogen-bond donors (Lipinski definition) is 1. The summed E-state index contributed by atoms with van der Waals surface area (Å²) in [7, 11) is -3.21. The lowest BCUT2D eigenvalue weighted by Gasteiger charge is -2.57. The second kappa shape index (κ2) is 3.72. The number of hydrogen-bond acceptors (Lipinski definition) is 2. The van der Waals surface area contributed by atoms with E-state index in [0.717, 1.165) is 37.0 Å². The average Bonchev–Trinajstić information content (AvgIpc) is 2.10. The molecule has 0 radical (unpaired) electrons. The van der Waals surface area contributed by atoms with Crippen molar-refractivity contribution in [2.45, 2.75) is 69.6 Å². The largest absolute Gasteiger partial charge is 0.217 e. The molecule has 0 aromatic heterocycles. The van der Waals surface area contributed by atoms with Crippen molar-refractivity contribution in [2.24, 2.45) is 17.8 Å². The van der Waals surface area contributed by atoms with Gasteiger partial charge in [-0.2, -0.15) is 0 Å². The van der Waals surface area contributed by atoms with Crippen LogP contribution in [0.3, 0.4) is 0 Å². The molecule has 0 heterocycles. The van der Waals surface area contributed by atoms with Crippen LogP contribution in [0.15, 0.2) is 0 Å².